The number of Topliss-reactive ketones (excluding diaryl/α,β-unsaturated/α-hetero) is 1. The van der Waals surface area contributed by atoms with Crippen molar-refractivity contribution in [3.05, 3.63) is 281 Å². The number of ether oxygens (including phenoxy) is 16. The molecule has 4 heterocycles. The van der Waals surface area contributed by atoms with Gasteiger partial charge in [0.25, 0.3) is 11.8 Å². The Labute approximate surface area is 651 Å². The molecule has 3 saturated heterocycles. The van der Waals surface area contributed by atoms with Crippen LogP contribution >= 0.6 is 0 Å². The summed E-state index contributed by atoms with van der Waals surface area (Å²) in [4.78, 5) is 86.7. The minimum absolute atomic E-state index is 0.00250. The number of aliphatic hydroxyl groups excluding tert-OH is 1. The topological polar surface area (TPSA) is 274 Å². The van der Waals surface area contributed by atoms with Gasteiger partial charge in [0, 0.05) is 19.4 Å². The van der Waals surface area contributed by atoms with Crippen LogP contribution in [0.25, 0.3) is 0 Å². The molecule has 0 spiro atoms. The summed E-state index contributed by atoms with van der Waals surface area (Å²) in [7, 11) is 2.88. The summed E-state index contributed by atoms with van der Waals surface area (Å²) in [6, 6.07) is 67.3. The van der Waals surface area contributed by atoms with E-state index in [1.54, 1.807) is 61.7 Å². The number of ketones is 1. The van der Waals surface area contributed by atoms with Crippen LogP contribution in [-0.4, -0.2) is 178 Å². The molecule has 0 unspecified atom stereocenters. The maximum absolute atomic E-state index is 15.4. The van der Waals surface area contributed by atoms with E-state index in [-0.39, 0.29) is 101 Å². The molecule has 8 aromatic rings. The van der Waals surface area contributed by atoms with Gasteiger partial charge in [-0.05, 0) is 89.5 Å². The monoisotopic (exact) mass is 1530 g/mol. The first kappa shape index (κ1) is 81.7. The number of carbonyl (C=O) groups excluding carboxylic acids is 6. The lowest BCUT2D eigenvalue weighted by Crippen LogP contribution is -2.70. The lowest BCUT2D eigenvalue weighted by molar-refractivity contribution is -0.384. The second kappa shape index (κ2) is 41.7. The molecule has 4 aliphatic heterocycles. The van der Waals surface area contributed by atoms with Gasteiger partial charge < -0.3 is 85.7 Å². The summed E-state index contributed by atoms with van der Waals surface area (Å²) in [5, 5.41) is 12.0. The molecule has 8 aromatic carbocycles. The second-order valence-electron chi connectivity index (χ2n) is 27.6. The lowest BCUT2D eigenvalue weighted by atomic mass is 9.93. The number of benzene rings is 8. The zero-order valence-corrected chi connectivity index (χ0v) is 62.8. The highest BCUT2D eigenvalue weighted by molar-refractivity contribution is 6.21. The zero-order chi connectivity index (χ0) is 78.0. The molecule has 0 aliphatic carbocycles. The molecular formula is C88H95NO23. The van der Waals surface area contributed by atoms with Gasteiger partial charge in [0.1, 0.15) is 72.5 Å². The third-order valence-corrected chi connectivity index (χ3v) is 19.7. The number of methoxy groups -OCH3 is 2. The first-order valence-electron chi connectivity index (χ1n) is 37.8. The third kappa shape index (κ3) is 22.1. The van der Waals surface area contributed by atoms with E-state index in [0.29, 0.717) is 30.6 Å². The fourth-order valence-corrected chi connectivity index (χ4v) is 13.9. The molecule has 24 nitrogen and oxygen atoms in total. The van der Waals surface area contributed by atoms with Gasteiger partial charge in [-0.1, -0.05) is 201 Å². The Hall–Kier alpha value is -9.74. The van der Waals surface area contributed by atoms with Crippen LogP contribution in [0.3, 0.4) is 0 Å². The quantitative estimate of drug-likeness (QED) is 0.0162. The molecule has 1 N–H and O–H groups in total. The van der Waals surface area contributed by atoms with Gasteiger partial charge in [-0.3, -0.25) is 24.1 Å². The van der Waals surface area contributed by atoms with Crippen molar-refractivity contribution in [3.63, 3.8) is 0 Å². The number of aliphatic hydroxyl groups is 1. The Bertz CT molecular complexity index is 4210. The van der Waals surface area contributed by atoms with E-state index >= 15 is 14.4 Å². The van der Waals surface area contributed by atoms with E-state index in [9.17, 15) is 19.5 Å². The van der Waals surface area contributed by atoms with Crippen LogP contribution in [0, 0.1) is 0 Å². The lowest BCUT2D eigenvalue weighted by Gasteiger charge is -2.52. The van der Waals surface area contributed by atoms with Crippen molar-refractivity contribution in [1.82, 2.24) is 4.90 Å². The predicted molar refractivity (Wildman–Crippen MR) is 404 cm³/mol. The molecule has 112 heavy (non-hydrogen) atoms. The maximum atomic E-state index is 15.4. The summed E-state index contributed by atoms with van der Waals surface area (Å²) >= 11 is 0. The first-order valence-corrected chi connectivity index (χ1v) is 37.8. The number of hydrogen-bond acceptors (Lipinski definition) is 23. The number of hydrogen-bond donors (Lipinski definition) is 1. The molecule has 15 atom stereocenters. The number of imide groups is 1. The number of nitrogens with zero attached hydrogens (tertiary/aromatic N) is 1. The number of carbonyl (C=O) groups is 6. The molecule has 0 saturated carbocycles. The molecule has 24 heteroatoms. The Morgan fingerprint density at radius 2 is 0.839 bits per heavy atom. The molecule has 0 radical (unpaired) electrons. The van der Waals surface area contributed by atoms with Crippen molar-refractivity contribution in [2.75, 3.05) is 40.6 Å². The van der Waals surface area contributed by atoms with Crippen molar-refractivity contribution >= 4 is 35.5 Å². The van der Waals surface area contributed by atoms with E-state index in [1.807, 2.05) is 164 Å². The Morgan fingerprint density at radius 3 is 1.36 bits per heavy atom. The van der Waals surface area contributed by atoms with E-state index in [2.05, 4.69) is 0 Å². The van der Waals surface area contributed by atoms with Crippen molar-refractivity contribution in [2.45, 2.75) is 177 Å². The summed E-state index contributed by atoms with van der Waals surface area (Å²) in [5.74, 6) is -3.37. The van der Waals surface area contributed by atoms with Gasteiger partial charge in [0.15, 0.2) is 31.1 Å². The highest BCUT2D eigenvalue weighted by atomic mass is 16.8. The zero-order valence-electron chi connectivity index (χ0n) is 62.8. The Morgan fingerprint density at radius 1 is 0.393 bits per heavy atom. The third-order valence-electron chi connectivity index (χ3n) is 19.7. The molecule has 2 amide bonds. The van der Waals surface area contributed by atoms with Crippen LogP contribution in [0.15, 0.2) is 231 Å². The molecule has 4 aliphatic rings. The van der Waals surface area contributed by atoms with Crippen LogP contribution in [0.5, 0.6) is 5.75 Å². The van der Waals surface area contributed by atoms with E-state index in [4.69, 9.17) is 75.8 Å². The van der Waals surface area contributed by atoms with Gasteiger partial charge in [-0.15, -0.1) is 0 Å². The summed E-state index contributed by atoms with van der Waals surface area (Å²) < 4.78 is 109. The number of esters is 3. The molecule has 0 bridgehead atoms. The van der Waals surface area contributed by atoms with Crippen molar-refractivity contribution < 1.29 is 110 Å². The van der Waals surface area contributed by atoms with E-state index < -0.39 is 129 Å². The average molecular weight is 1530 g/mol. The Kier molecular flexibility index (Phi) is 30.4. The predicted octanol–water partition coefficient (Wildman–Crippen LogP) is 11.6. The normalized spacial score (nSPS) is 24.2. The fraction of sp³-hybridized carbons (Fsp3) is 0.386. The fourth-order valence-electron chi connectivity index (χ4n) is 13.9. The largest absolute Gasteiger partial charge is 0.497 e. The van der Waals surface area contributed by atoms with Crippen LogP contribution in [0.4, 0.5) is 0 Å². The van der Waals surface area contributed by atoms with Gasteiger partial charge in [-0.2, -0.15) is 0 Å². The number of amides is 2. The molecular weight excluding hydrogens is 1440 g/mol. The molecule has 3 fully saturated rings. The van der Waals surface area contributed by atoms with Gasteiger partial charge in [0.05, 0.1) is 96.8 Å². The molecule has 12 rings (SSSR count). The van der Waals surface area contributed by atoms with Gasteiger partial charge in [0.2, 0.25) is 0 Å². The van der Waals surface area contributed by atoms with Crippen LogP contribution in [-0.2, 0) is 125 Å². The summed E-state index contributed by atoms with van der Waals surface area (Å²) in [5.41, 5.74) is 4.87. The molecule has 0 aromatic heterocycles. The highest BCUT2D eigenvalue weighted by Gasteiger charge is 2.60. The average Bonchev–Trinajstić information content (AvgIpc) is 1.58. The van der Waals surface area contributed by atoms with Crippen LogP contribution in [0.1, 0.15) is 110 Å². The minimum atomic E-state index is -1.96. The SMILES string of the molecule is COC(=O)CCCCCO[C@@H]1O[C@H](COCc2ccc(OC)cc2)[C@@H](O[C@@H]2O[C@H](CO)[C@H](OC(=O)CCC(C)=O)[C@H](O[C@H]3O[C@H](COCc4ccccc4)[C@@H](OCc4ccccc4)[C@H](OCc4ccccc4)[C@H]3OCc3ccccc3)[C@H]2OC(=O)c2ccccc2)[C@H](OCc2ccccc2)[C@H]1N1C(=O)c2ccccc2C1=O. The Balaban J connectivity index is 1.01. The maximum Gasteiger partial charge on any atom is 0.338 e. The minimum Gasteiger partial charge on any atom is -0.497 e. The van der Waals surface area contributed by atoms with Gasteiger partial charge >= 0.3 is 17.9 Å². The van der Waals surface area contributed by atoms with Crippen molar-refractivity contribution in [2.24, 2.45) is 0 Å². The second-order valence-corrected chi connectivity index (χ2v) is 27.6. The van der Waals surface area contributed by atoms with Gasteiger partial charge in [-0.25, -0.2) is 4.79 Å². The number of unbranched alkanes of at least 4 members (excludes halogenated alkanes) is 2. The summed E-state index contributed by atoms with van der Waals surface area (Å²) in [6.07, 6.45) is -20.3. The van der Waals surface area contributed by atoms with Crippen molar-refractivity contribution in [1.29, 1.82) is 0 Å². The van der Waals surface area contributed by atoms with E-state index in [1.165, 1.54) is 26.2 Å². The van der Waals surface area contributed by atoms with Crippen LogP contribution in [0.2, 0.25) is 0 Å². The van der Waals surface area contributed by atoms with Crippen LogP contribution < -0.4 is 4.74 Å². The summed E-state index contributed by atoms with van der Waals surface area (Å²) in [6.45, 7) is -0.0540. The van der Waals surface area contributed by atoms with E-state index in [0.717, 1.165) is 32.7 Å². The smallest absolute Gasteiger partial charge is 0.338 e. The first-order chi connectivity index (χ1) is 54.8. The molecule has 590 valence electrons. The number of rotatable bonds is 40. The highest BCUT2D eigenvalue weighted by Crippen LogP contribution is 2.42. The number of fused-ring (bicyclic) bond motifs is 1. The van der Waals surface area contributed by atoms with Crippen molar-refractivity contribution in [3.8, 4) is 5.75 Å². The standard InChI is InChI=1S/C88H95NO23/c1-58(91)42-47-73(93)109-76-69(49-90)106-88(111-77-71(57-100-51-64-43-45-66(97-2)46-44-64)107-86(101-48-26-10-23-41-72(92)98-3)74(78(77)103-53-61-31-15-6-16-32-61)89-83(94)67-39-24-25-40-68(67)84(89)95)82(110-85(96)65-37-21-9-22-38-65)80(76)112-87-81(105-55-63-35-19-8-20-36-63)79(104-54-62-33-17-7-18-34-62)75(102-52-60-29-13-5-14-30-60)70(108-87)56-99-50-59-27-11-4-12-28-59/h4-9,11-22,24-25,27-40,43-46,69-71,74-82,86-88,90H,10,23,26,41-42,47-57H2,1-3H3/t69-,70-,71-,74-,75-,76+,77-,78-,79+,80+,81-,82-,86-,87-,88+/m1/s1.